The topological polar surface area (TPSA) is 37.3 Å². The van der Waals surface area contributed by atoms with Gasteiger partial charge in [-0.15, -0.1) is 0 Å². The van der Waals surface area contributed by atoms with Crippen LogP contribution in [0.2, 0.25) is 0 Å². The number of hydrogen-bond donors (Lipinski definition) is 1. The minimum Gasteiger partial charge on any atom is -0.392 e. The zero-order valence-electron chi connectivity index (χ0n) is 13.7. The molecule has 0 aromatic carbocycles. The molecule has 0 heterocycles. The summed E-state index contributed by atoms with van der Waals surface area (Å²) < 4.78 is 27.9. The number of fused-ring (bicyclic) bond motifs is 5. The summed E-state index contributed by atoms with van der Waals surface area (Å²) >= 11 is 0. The van der Waals surface area contributed by atoms with E-state index in [-0.39, 0.29) is 23.0 Å². The van der Waals surface area contributed by atoms with Crippen molar-refractivity contribution in [2.75, 3.05) is 0 Å². The van der Waals surface area contributed by atoms with Gasteiger partial charge in [0.25, 0.3) is 0 Å². The van der Waals surface area contributed by atoms with E-state index in [9.17, 15) is 18.7 Å². The first-order chi connectivity index (χ1) is 10.9. The highest BCUT2D eigenvalue weighted by atomic mass is 19.3. The summed E-state index contributed by atoms with van der Waals surface area (Å²) in [6.07, 6.45) is 4.29. The van der Waals surface area contributed by atoms with Gasteiger partial charge in [0.2, 0.25) is 6.43 Å². The van der Waals surface area contributed by atoms with Crippen LogP contribution in [0.15, 0.2) is 11.6 Å². The van der Waals surface area contributed by atoms with Gasteiger partial charge >= 0.3 is 0 Å². The van der Waals surface area contributed by atoms with Gasteiger partial charge in [-0.25, -0.2) is 8.78 Å². The van der Waals surface area contributed by atoms with E-state index in [2.05, 4.69) is 6.92 Å². The molecule has 4 aliphatic rings. The summed E-state index contributed by atoms with van der Waals surface area (Å²) in [7, 11) is 0. The van der Waals surface area contributed by atoms with Crippen LogP contribution in [0, 0.1) is 28.6 Å². The molecule has 4 heteroatoms. The third-order valence-electron chi connectivity index (χ3n) is 7.92. The Morgan fingerprint density at radius 3 is 2.65 bits per heavy atom. The zero-order valence-corrected chi connectivity index (χ0v) is 13.7. The molecule has 0 unspecified atom stereocenters. The first kappa shape index (κ1) is 15.7. The average Bonchev–Trinajstić information content (AvgIpc) is 2.86. The monoisotopic (exact) mass is 324 g/mol. The Morgan fingerprint density at radius 2 is 1.91 bits per heavy atom. The number of allylic oxidation sites excluding steroid dienone is 1. The standard InChI is InChI=1S/C19H26F2O2/c1-18-8-6-12(22)10-11(18)2-3-13-14(18)7-9-19(17(20)21)15(13)4-5-16(19)23/h10,13-17,23H,2-9H2,1H3/t13-,14+,15+,16+,18+,19-/m1/s1. The van der Waals surface area contributed by atoms with Gasteiger partial charge < -0.3 is 5.11 Å². The van der Waals surface area contributed by atoms with Crippen LogP contribution in [0.1, 0.15) is 58.3 Å². The van der Waals surface area contributed by atoms with Crippen molar-refractivity contribution in [1.29, 1.82) is 0 Å². The molecule has 0 spiro atoms. The van der Waals surface area contributed by atoms with Gasteiger partial charge in [0.05, 0.1) is 11.5 Å². The second-order valence-corrected chi connectivity index (χ2v) is 8.51. The van der Waals surface area contributed by atoms with Crippen LogP contribution in [-0.4, -0.2) is 23.4 Å². The fourth-order valence-electron chi connectivity index (χ4n) is 6.67. The molecule has 3 fully saturated rings. The van der Waals surface area contributed by atoms with Crippen molar-refractivity contribution in [2.24, 2.45) is 28.6 Å². The van der Waals surface area contributed by atoms with Crippen molar-refractivity contribution in [3.63, 3.8) is 0 Å². The number of rotatable bonds is 1. The Kier molecular flexibility index (Phi) is 3.50. The Labute approximate surface area is 136 Å². The molecule has 23 heavy (non-hydrogen) atoms. The summed E-state index contributed by atoms with van der Waals surface area (Å²) in [6.45, 7) is 2.25. The predicted octanol–water partition coefficient (Wildman–Crippen LogP) is 4.12. The molecule has 0 aromatic rings. The second kappa shape index (κ2) is 5.11. The van der Waals surface area contributed by atoms with E-state index < -0.39 is 17.9 Å². The van der Waals surface area contributed by atoms with E-state index >= 15 is 0 Å². The van der Waals surface area contributed by atoms with E-state index in [1.807, 2.05) is 6.08 Å². The Bertz CT molecular complexity index is 558. The highest BCUT2D eigenvalue weighted by Gasteiger charge is 2.64. The third kappa shape index (κ3) is 1.96. The van der Waals surface area contributed by atoms with Crippen LogP contribution in [0.3, 0.4) is 0 Å². The molecule has 0 radical (unpaired) electrons. The largest absolute Gasteiger partial charge is 0.392 e. The van der Waals surface area contributed by atoms with Gasteiger partial charge in [-0.3, -0.25) is 4.79 Å². The molecule has 4 rings (SSSR count). The Morgan fingerprint density at radius 1 is 1.13 bits per heavy atom. The summed E-state index contributed by atoms with van der Waals surface area (Å²) in [6, 6.07) is 0. The summed E-state index contributed by atoms with van der Waals surface area (Å²) in [5, 5.41) is 10.3. The van der Waals surface area contributed by atoms with E-state index in [0.717, 1.165) is 32.1 Å². The number of carbonyl (C=O) groups is 1. The molecule has 0 aromatic heterocycles. The molecule has 2 nitrogen and oxygen atoms in total. The van der Waals surface area contributed by atoms with E-state index in [4.69, 9.17) is 0 Å². The van der Waals surface area contributed by atoms with Crippen LogP contribution in [0.25, 0.3) is 0 Å². The smallest absolute Gasteiger partial charge is 0.246 e. The zero-order chi connectivity index (χ0) is 16.4. The molecule has 4 aliphatic carbocycles. The highest BCUT2D eigenvalue weighted by Crippen LogP contribution is 2.66. The molecule has 0 saturated heterocycles. The quantitative estimate of drug-likeness (QED) is 0.787. The van der Waals surface area contributed by atoms with E-state index in [0.29, 0.717) is 25.2 Å². The van der Waals surface area contributed by atoms with Gasteiger partial charge in [0.1, 0.15) is 0 Å². The second-order valence-electron chi connectivity index (χ2n) is 8.51. The summed E-state index contributed by atoms with van der Waals surface area (Å²) in [5.41, 5.74) is 0.111. The highest BCUT2D eigenvalue weighted by molar-refractivity contribution is 5.91. The number of aliphatic hydroxyl groups is 1. The number of carbonyl (C=O) groups excluding carboxylic acids is 1. The Hall–Kier alpha value is -0.770. The van der Waals surface area contributed by atoms with Gasteiger partial charge in [-0.2, -0.15) is 0 Å². The van der Waals surface area contributed by atoms with Gasteiger partial charge in [-0.05, 0) is 74.2 Å². The lowest BCUT2D eigenvalue weighted by atomic mass is 9.47. The molecule has 1 N–H and O–H groups in total. The van der Waals surface area contributed by atoms with Gasteiger partial charge in [0, 0.05) is 6.42 Å². The van der Waals surface area contributed by atoms with Crippen LogP contribution in [0.4, 0.5) is 8.78 Å². The number of ketones is 1. The van der Waals surface area contributed by atoms with Gasteiger partial charge in [0.15, 0.2) is 5.78 Å². The molecular formula is C19H26F2O2. The molecule has 0 bridgehead atoms. The van der Waals surface area contributed by atoms with Crippen molar-refractivity contribution >= 4 is 5.78 Å². The van der Waals surface area contributed by atoms with Crippen molar-refractivity contribution in [3.05, 3.63) is 11.6 Å². The van der Waals surface area contributed by atoms with Crippen LogP contribution in [0.5, 0.6) is 0 Å². The molecule has 3 saturated carbocycles. The van der Waals surface area contributed by atoms with Crippen LogP contribution < -0.4 is 0 Å². The van der Waals surface area contributed by atoms with Crippen LogP contribution in [-0.2, 0) is 4.79 Å². The lowest BCUT2D eigenvalue weighted by Crippen LogP contribution is -2.54. The molecule has 0 amide bonds. The molecule has 0 aliphatic heterocycles. The van der Waals surface area contributed by atoms with Gasteiger partial charge in [-0.1, -0.05) is 12.5 Å². The van der Waals surface area contributed by atoms with Crippen molar-refractivity contribution in [2.45, 2.75) is 70.8 Å². The first-order valence-electron chi connectivity index (χ1n) is 9.09. The fourth-order valence-corrected chi connectivity index (χ4v) is 6.67. The maximum atomic E-state index is 13.9. The normalized spacial score (nSPS) is 49.4. The van der Waals surface area contributed by atoms with E-state index in [1.165, 1.54) is 5.57 Å². The molecule has 6 atom stereocenters. The number of aliphatic hydroxyl groups excluding tert-OH is 1. The lowest BCUT2D eigenvalue weighted by molar-refractivity contribution is -0.156. The maximum absolute atomic E-state index is 13.9. The maximum Gasteiger partial charge on any atom is 0.246 e. The summed E-state index contributed by atoms with van der Waals surface area (Å²) in [5.74, 6) is 0.861. The Balaban J connectivity index is 1.70. The first-order valence-corrected chi connectivity index (χ1v) is 9.09. The average molecular weight is 324 g/mol. The van der Waals surface area contributed by atoms with Crippen LogP contribution >= 0.6 is 0 Å². The van der Waals surface area contributed by atoms with Crippen molar-refractivity contribution in [3.8, 4) is 0 Å². The van der Waals surface area contributed by atoms with E-state index in [1.54, 1.807) is 0 Å². The lowest BCUT2D eigenvalue weighted by Gasteiger charge is -2.58. The predicted molar refractivity (Wildman–Crippen MR) is 83.0 cm³/mol. The fraction of sp³-hybridized carbons (Fsp3) is 0.842. The minimum atomic E-state index is -2.43. The van der Waals surface area contributed by atoms with Crippen molar-refractivity contribution in [1.82, 2.24) is 0 Å². The number of halogens is 2. The minimum absolute atomic E-state index is 0.0126. The number of hydrogen-bond acceptors (Lipinski definition) is 2. The third-order valence-corrected chi connectivity index (χ3v) is 7.92. The van der Waals surface area contributed by atoms with Crippen molar-refractivity contribution < 1.29 is 18.7 Å². The summed E-state index contributed by atoms with van der Waals surface area (Å²) in [4.78, 5) is 11.8. The molecular weight excluding hydrogens is 298 g/mol. The molecule has 128 valence electrons. The number of alkyl halides is 2. The SMILES string of the molecule is C[C@]12CCC(=O)C=C1CC[C@H]1[C@@H]3CC[C@H](O)[C@@]3(C(F)F)CC[C@@H]12.